The number of aromatic nitrogens is 2. The number of carbonyl (C=O) groups is 1. The molecule has 4 fully saturated rings. The number of nitrogens with zero attached hydrogens (tertiary/aromatic N) is 2. The lowest BCUT2D eigenvalue weighted by Crippen LogP contribution is -2.51. The highest BCUT2D eigenvalue weighted by Crippen LogP contribution is 2.59. The summed E-state index contributed by atoms with van der Waals surface area (Å²) in [5.41, 5.74) is -0.140. The monoisotopic (exact) mass is 417 g/mol. The molecule has 0 spiro atoms. The van der Waals surface area contributed by atoms with Gasteiger partial charge in [-0.1, -0.05) is 17.7 Å². The largest absolute Gasteiger partial charge is 0.434 e. The van der Waals surface area contributed by atoms with Crippen molar-refractivity contribution in [2.24, 2.45) is 23.2 Å². The van der Waals surface area contributed by atoms with Gasteiger partial charge >= 0.3 is 6.18 Å². The van der Waals surface area contributed by atoms with Gasteiger partial charge in [-0.2, -0.15) is 18.3 Å². The van der Waals surface area contributed by atoms with E-state index in [0.29, 0.717) is 6.54 Å². The Morgan fingerprint density at radius 3 is 2.20 bits per heavy atom. The molecule has 2 aromatic rings. The van der Waals surface area contributed by atoms with Crippen LogP contribution in [0, 0.1) is 30.1 Å². The molecule has 4 aliphatic rings. The minimum Gasteiger partial charge on any atom is -0.351 e. The van der Waals surface area contributed by atoms with Gasteiger partial charge in [-0.3, -0.25) is 4.79 Å². The molecule has 1 aromatic heterocycles. The molecule has 0 atom stereocenters. The first kappa shape index (κ1) is 19.6. The Labute approximate surface area is 173 Å². The van der Waals surface area contributed by atoms with E-state index in [9.17, 15) is 18.0 Å². The van der Waals surface area contributed by atoms with Gasteiger partial charge in [0.25, 0.3) is 5.91 Å². The summed E-state index contributed by atoms with van der Waals surface area (Å²) in [6.07, 6.45) is 3.49. The van der Waals surface area contributed by atoms with Gasteiger partial charge in [-0.15, -0.1) is 0 Å². The fourth-order valence-corrected chi connectivity index (χ4v) is 6.54. The predicted molar refractivity (Wildman–Crippen MR) is 106 cm³/mol. The van der Waals surface area contributed by atoms with Gasteiger partial charge in [0.1, 0.15) is 0 Å². The van der Waals surface area contributed by atoms with E-state index in [4.69, 9.17) is 0 Å². The molecule has 0 radical (unpaired) electrons. The minimum absolute atomic E-state index is 0.0652. The molecule has 4 nitrogen and oxygen atoms in total. The van der Waals surface area contributed by atoms with Gasteiger partial charge < -0.3 is 5.32 Å². The summed E-state index contributed by atoms with van der Waals surface area (Å²) in [5, 5.41) is 6.76. The molecule has 160 valence electrons. The molecule has 0 aliphatic heterocycles. The smallest absolute Gasteiger partial charge is 0.351 e. The van der Waals surface area contributed by atoms with E-state index in [2.05, 4.69) is 10.4 Å². The van der Waals surface area contributed by atoms with Gasteiger partial charge in [0.05, 0.1) is 17.4 Å². The Bertz CT molecular complexity index is 926. The lowest BCUT2D eigenvalue weighted by molar-refractivity contribution is -0.143. The van der Waals surface area contributed by atoms with E-state index in [1.165, 1.54) is 19.3 Å². The van der Waals surface area contributed by atoms with Crippen LogP contribution in [-0.2, 0) is 6.18 Å². The Morgan fingerprint density at radius 1 is 1.10 bits per heavy atom. The maximum Gasteiger partial charge on any atom is 0.434 e. The van der Waals surface area contributed by atoms with Crippen molar-refractivity contribution in [3.8, 4) is 5.69 Å². The van der Waals surface area contributed by atoms with Gasteiger partial charge in [0, 0.05) is 6.54 Å². The molecule has 1 N–H and O–H groups in total. The van der Waals surface area contributed by atoms with E-state index in [1.54, 1.807) is 24.3 Å². The van der Waals surface area contributed by atoms with Crippen LogP contribution in [0.4, 0.5) is 13.2 Å². The zero-order valence-corrected chi connectivity index (χ0v) is 17.0. The summed E-state index contributed by atoms with van der Waals surface area (Å²) >= 11 is 0. The molecular formula is C23H26F3N3O. The van der Waals surface area contributed by atoms with E-state index in [0.717, 1.165) is 53.5 Å². The lowest BCUT2D eigenvalue weighted by Gasteiger charge is -2.56. The number of carbonyl (C=O) groups excluding carboxylic acids is 1. The second-order valence-corrected chi connectivity index (χ2v) is 9.75. The van der Waals surface area contributed by atoms with Gasteiger partial charge in [-0.05, 0) is 80.8 Å². The summed E-state index contributed by atoms with van der Waals surface area (Å²) < 4.78 is 42.5. The van der Waals surface area contributed by atoms with E-state index in [-0.39, 0.29) is 11.1 Å². The van der Waals surface area contributed by atoms with Crippen LogP contribution >= 0.6 is 0 Å². The van der Waals surface area contributed by atoms with Gasteiger partial charge in [0.15, 0.2) is 5.69 Å². The number of alkyl halides is 3. The summed E-state index contributed by atoms with van der Waals surface area (Å²) in [7, 11) is 0. The van der Waals surface area contributed by atoms with Gasteiger partial charge in [-0.25, -0.2) is 4.68 Å². The average molecular weight is 417 g/mol. The van der Waals surface area contributed by atoms with E-state index >= 15 is 0 Å². The molecule has 1 heterocycles. The first-order valence-electron chi connectivity index (χ1n) is 10.7. The molecule has 7 heteroatoms. The molecule has 1 aromatic carbocycles. The van der Waals surface area contributed by atoms with Crippen LogP contribution in [0.25, 0.3) is 5.69 Å². The number of aryl methyl sites for hydroxylation is 1. The van der Waals surface area contributed by atoms with Crippen molar-refractivity contribution in [3.63, 3.8) is 0 Å². The molecule has 4 bridgehead atoms. The number of benzene rings is 1. The van der Waals surface area contributed by atoms with Crippen LogP contribution in [-0.4, -0.2) is 22.2 Å². The maximum atomic E-state index is 13.9. The molecule has 30 heavy (non-hydrogen) atoms. The van der Waals surface area contributed by atoms with Crippen molar-refractivity contribution in [1.82, 2.24) is 15.1 Å². The zero-order valence-electron chi connectivity index (χ0n) is 17.0. The van der Waals surface area contributed by atoms with Crippen LogP contribution in [0.15, 0.2) is 30.5 Å². The van der Waals surface area contributed by atoms with Crippen molar-refractivity contribution in [1.29, 1.82) is 0 Å². The highest BCUT2D eigenvalue weighted by molar-refractivity contribution is 5.95. The number of hydrogen-bond donors (Lipinski definition) is 1. The number of hydrogen-bond acceptors (Lipinski definition) is 2. The SMILES string of the molecule is Cc1ccc(-n2ncc(C(=O)NCC34CC5CC(CC(C5)C3)C4)c2C(F)(F)F)cc1. The predicted octanol–water partition coefficient (Wildman–Crippen LogP) is 5.15. The Balaban J connectivity index is 1.39. The minimum atomic E-state index is -4.69. The van der Waals surface area contributed by atoms with Crippen molar-refractivity contribution < 1.29 is 18.0 Å². The van der Waals surface area contributed by atoms with Crippen LogP contribution in [0.5, 0.6) is 0 Å². The maximum absolute atomic E-state index is 13.9. The van der Waals surface area contributed by atoms with Crippen LogP contribution in [0.3, 0.4) is 0 Å². The second-order valence-electron chi connectivity index (χ2n) is 9.75. The van der Waals surface area contributed by atoms with Crippen LogP contribution in [0.1, 0.15) is 60.1 Å². The number of halogens is 3. The highest BCUT2D eigenvalue weighted by atomic mass is 19.4. The summed E-state index contributed by atoms with van der Waals surface area (Å²) in [4.78, 5) is 12.8. The molecule has 1 amide bonds. The third-order valence-corrected chi connectivity index (χ3v) is 7.35. The molecule has 0 saturated heterocycles. The Kier molecular flexibility index (Phi) is 4.49. The first-order valence-corrected chi connectivity index (χ1v) is 10.7. The average Bonchev–Trinajstić information content (AvgIpc) is 3.11. The topological polar surface area (TPSA) is 46.9 Å². The Morgan fingerprint density at radius 2 is 1.67 bits per heavy atom. The van der Waals surface area contributed by atoms with Crippen molar-refractivity contribution in [2.75, 3.05) is 6.54 Å². The number of rotatable bonds is 4. The fraction of sp³-hybridized carbons (Fsp3) is 0.565. The molecule has 4 saturated carbocycles. The zero-order chi connectivity index (χ0) is 21.1. The summed E-state index contributed by atoms with van der Waals surface area (Å²) in [6.45, 7) is 2.32. The van der Waals surface area contributed by atoms with Crippen molar-refractivity contribution in [2.45, 2.75) is 51.6 Å². The van der Waals surface area contributed by atoms with Crippen LogP contribution in [0.2, 0.25) is 0 Å². The highest BCUT2D eigenvalue weighted by Gasteiger charge is 2.51. The standard InChI is InChI=1S/C23H26F3N3O/c1-14-2-4-18(5-3-14)29-20(23(24,25)26)19(12-28-29)21(30)27-13-22-9-15-6-16(10-22)8-17(7-15)11-22/h2-5,12,15-17H,6-11,13H2,1H3,(H,27,30). The third-order valence-electron chi connectivity index (χ3n) is 7.35. The van der Waals surface area contributed by atoms with Crippen LogP contribution < -0.4 is 5.32 Å². The van der Waals surface area contributed by atoms with Crippen molar-refractivity contribution in [3.05, 3.63) is 47.3 Å². The lowest BCUT2D eigenvalue weighted by atomic mass is 9.49. The summed E-state index contributed by atoms with van der Waals surface area (Å²) in [6, 6.07) is 6.61. The third kappa shape index (κ3) is 3.42. The fourth-order valence-electron chi connectivity index (χ4n) is 6.54. The normalized spacial score (nSPS) is 29.9. The summed E-state index contributed by atoms with van der Waals surface area (Å²) in [5.74, 6) is 1.49. The van der Waals surface area contributed by atoms with Crippen molar-refractivity contribution >= 4 is 5.91 Å². The Hall–Kier alpha value is -2.31. The number of nitrogens with one attached hydrogen (secondary N) is 1. The van der Waals surface area contributed by atoms with E-state index in [1.807, 2.05) is 6.92 Å². The second kappa shape index (κ2) is 6.86. The molecular weight excluding hydrogens is 391 g/mol. The quantitative estimate of drug-likeness (QED) is 0.748. The van der Waals surface area contributed by atoms with E-state index < -0.39 is 23.3 Å². The van der Waals surface area contributed by atoms with Gasteiger partial charge in [0.2, 0.25) is 0 Å². The first-order chi connectivity index (χ1) is 14.2. The number of amides is 1. The molecule has 0 unspecified atom stereocenters. The molecule has 6 rings (SSSR count). The molecule has 4 aliphatic carbocycles.